The van der Waals surface area contributed by atoms with Gasteiger partial charge in [-0.3, -0.25) is 5.84 Å². The molecule has 0 saturated carbocycles. The molecule has 0 unspecified atom stereocenters. The van der Waals surface area contributed by atoms with E-state index in [2.05, 4.69) is 24.0 Å². The zero-order valence-corrected chi connectivity index (χ0v) is 11.6. The van der Waals surface area contributed by atoms with Gasteiger partial charge in [0, 0.05) is 12.2 Å². The molecule has 0 spiro atoms. The van der Waals surface area contributed by atoms with Gasteiger partial charge in [-0.05, 0) is 30.2 Å². The minimum absolute atomic E-state index is 0.257. The van der Waals surface area contributed by atoms with Crippen molar-refractivity contribution < 1.29 is 8.42 Å². The molecular weight excluding hydrogens is 250 g/mol. The largest absolute Gasteiger partial charge is 0.324 e. The van der Waals surface area contributed by atoms with Gasteiger partial charge in [0.1, 0.15) is 0 Å². The molecule has 0 amide bonds. The standard InChI is InChI=1S/C12H21N3O2S/c1-3-10(4-2)9-14-18(16,17)12-7-5-11(15-13)6-8-12/h5-8,10,14-15H,3-4,9,13H2,1-2H3. The number of rotatable bonds is 7. The van der Waals surface area contributed by atoms with E-state index in [-0.39, 0.29) is 4.90 Å². The second kappa shape index (κ2) is 6.72. The third-order valence-corrected chi connectivity index (χ3v) is 4.49. The Morgan fingerprint density at radius 2 is 1.72 bits per heavy atom. The molecule has 102 valence electrons. The van der Waals surface area contributed by atoms with Crippen LogP contribution < -0.4 is 16.0 Å². The van der Waals surface area contributed by atoms with Gasteiger partial charge < -0.3 is 5.43 Å². The summed E-state index contributed by atoms with van der Waals surface area (Å²) in [4.78, 5) is 0.257. The number of nitrogen functional groups attached to an aromatic ring is 1. The molecule has 0 aliphatic heterocycles. The smallest absolute Gasteiger partial charge is 0.240 e. The number of hydrazine groups is 1. The first-order valence-electron chi connectivity index (χ1n) is 6.09. The van der Waals surface area contributed by atoms with Gasteiger partial charge in [-0.15, -0.1) is 0 Å². The van der Waals surface area contributed by atoms with Crippen molar-refractivity contribution >= 4 is 15.7 Å². The highest BCUT2D eigenvalue weighted by Crippen LogP contribution is 2.14. The van der Waals surface area contributed by atoms with Crippen molar-refractivity contribution in [2.24, 2.45) is 11.8 Å². The lowest BCUT2D eigenvalue weighted by Gasteiger charge is -2.13. The van der Waals surface area contributed by atoms with Crippen LogP contribution in [0.1, 0.15) is 26.7 Å². The molecule has 0 fully saturated rings. The van der Waals surface area contributed by atoms with E-state index >= 15 is 0 Å². The Balaban J connectivity index is 2.73. The summed E-state index contributed by atoms with van der Waals surface area (Å²) in [6.07, 6.45) is 1.93. The predicted molar refractivity (Wildman–Crippen MR) is 73.5 cm³/mol. The molecule has 0 heterocycles. The number of benzene rings is 1. The van der Waals surface area contributed by atoms with Crippen LogP contribution in [0.2, 0.25) is 0 Å². The van der Waals surface area contributed by atoms with Gasteiger partial charge in [0.05, 0.1) is 4.90 Å². The summed E-state index contributed by atoms with van der Waals surface area (Å²) in [5, 5.41) is 0. The van der Waals surface area contributed by atoms with Gasteiger partial charge in [-0.1, -0.05) is 26.7 Å². The fourth-order valence-electron chi connectivity index (χ4n) is 1.62. The Morgan fingerprint density at radius 3 is 2.17 bits per heavy atom. The summed E-state index contributed by atoms with van der Waals surface area (Å²) in [5.74, 6) is 5.61. The summed E-state index contributed by atoms with van der Waals surface area (Å²) in [5.41, 5.74) is 3.13. The number of nitrogens with one attached hydrogen (secondary N) is 2. The third kappa shape index (κ3) is 3.97. The van der Waals surface area contributed by atoms with Gasteiger partial charge in [-0.2, -0.15) is 0 Å². The van der Waals surface area contributed by atoms with Crippen molar-refractivity contribution in [3.05, 3.63) is 24.3 Å². The van der Waals surface area contributed by atoms with Crippen LogP contribution >= 0.6 is 0 Å². The lowest BCUT2D eigenvalue weighted by molar-refractivity contribution is 0.479. The maximum atomic E-state index is 12.0. The first-order valence-corrected chi connectivity index (χ1v) is 7.58. The van der Waals surface area contributed by atoms with Crippen LogP contribution in [0.3, 0.4) is 0 Å². The monoisotopic (exact) mass is 271 g/mol. The minimum atomic E-state index is -3.42. The molecule has 1 aromatic carbocycles. The summed E-state index contributed by atoms with van der Waals surface area (Å²) >= 11 is 0. The molecule has 0 radical (unpaired) electrons. The van der Waals surface area contributed by atoms with E-state index in [0.717, 1.165) is 12.8 Å². The normalized spacial score (nSPS) is 11.8. The lowest BCUT2D eigenvalue weighted by atomic mass is 10.0. The van der Waals surface area contributed by atoms with Crippen molar-refractivity contribution in [1.82, 2.24) is 4.72 Å². The topological polar surface area (TPSA) is 84.2 Å². The van der Waals surface area contributed by atoms with Crippen molar-refractivity contribution in [3.8, 4) is 0 Å². The summed E-state index contributed by atoms with van der Waals surface area (Å²) < 4.78 is 26.6. The lowest BCUT2D eigenvalue weighted by Crippen LogP contribution is -2.29. The fraction of sp³-hybridized carbons (Fsp3) is 0.500. The molecule has 0 aliphatic carbocycles. The van der Waals surface area contributed by atoms with Gasteiger partial charge in [0.25, 0.3) is 0 Å². The van der Waals surface area contributed by atoms with E-state index in [1.165, 1.54) is 12.1 Å². The third-order valence-electron chi connectivity index (χ3n) is 3.05. The molecule has 18 heavy (non-hydrogen) atoms. The van der Waals surface area contributed by atoms with Gasteiger partial charge in [0.15, 0.2) is 0 Å². The predicted octanol–water partition coefficient (Wildman–Crippen LogP) is 1.69. The Kier molecular flexibility index (Phi) is 5.58. The first kappa shape index (κ1) is 14.9. The van der Waals surface area contributed by atoms with Crippen LogP contribution in [0.5, 0.6) is 0 Å². The Hall–Kier alpha value is -1.11. The molecule has 0 aromatic heterocycles. The second-order valence-electron chi connectivity index (χ2n) is 4.20. The molecule has 0 bridgehead atoms. The van der Waals surface area contributed by atoms with Crippen molar-refractivity contribution in [2.45, 2.75) is 31.6 Å². The van der Waals surface area contributed by atoms with Gasteiger partial charge in [-0.25, -0.2) is 13.1 Å². The fourth-order valence-corrected chi connectivity index (χ4v) is 2.73. The van der Waals surface area contributed by atoms with E-state index in [4.69, 9.17) is 5.84 Å². The maximum absolute atomic E-state index is 12.0. The van der Waals surface area contributed by atoms with E-state index in [1.807, 2.05) is 0 Å². The highest BCUT2D eigenvalue weighted by Gasteiger charge is 2.15. The minimum Gasteiger partial charge on any atom is -0.324 e. The highest BCUT2D eigenvalue weighted by molar-refractivity contribution is 7.89. The molecule has 0 aliphatic rings. The van der Waals surface area contributed by atoms with Crippen molar-refractivity contribution in [2.75, 3.05) is 12.0 Å². The van der Waals surface area contributed by atoms with Gasteiger partial charge >= 0.3 is 0 Å². The quantitative estimate of drug-likeness (QED) is 0.520. The molecule has 0 atom stereocenters. The van der Waals surface area contributed by atoms with Crippen LogP contribution in [0.4, 0.5) is 5.69 Å². The van der Waals surface area contributed by atoms with E-state index < -0.39 is 10.0 Å². The van der Waals surface area contributed by atoms with E-state index in [9.17, 15) is 8.42 Å². The van der Waals surface area contributed by atoms with Crippen LogP contribution in [-0.4, -0.2) is 15.0 Å². The molecule has 4 N–H and O–H groups in total. The van der Waals surface area contributed by atoms with Gasteiger partial charge in [0.2, 0.25) is 10.0 Å². The summed E-state index contributed by atoms with van der Waals surface area (Å²) in [6, 6.07) is 6.33. The molecule has 1 rings (SSSR count). The van der Waals surface area contributed by atoms with Crippen LogP contribution in [-0.2, 0) is 10.0 Å². The number of anilines is 1. The zero-order valence-electron chi connectivity index (χ0n) is 10.8. The molecule has 1 aromatic rings. The first-order chi connectivity index (χ1) is 8.53. The average molecular weight is 271 g/mol. The number of hydrogen-bond donors (Lipinski definition) is 3. The van der Waals surface area contributed by atoms with Crippen LogP contribution in [0.15, 0.2) is 29.2 Å². The molecular formula is C12H21N3O2S. The molecule has 6 heteroatoms. The number of hydrogen-bond acceptors (Lipinski definition) is 4. The number of sulfonamides is 1. The van der Waals surface area contributed by atoms with E-state index in [0.29, 0.717) is 18.2 Å². The summed E-state index contributed by atoms with van der Waals surface area (Å²) in [7, 11) is -3.42. The Bertz CT molecular complexity index is 453. The zero-order chi connectivity index (χ0) is 13.6. The average Bonchev–Trinajstić information content (AvgIpc) is 2.40. The van der Waals surface area contributed by atoms with E-state index in [1.54, 1.807) is 12.1 Å². The maximum Gasteiger partial charge on any atom is 0.240 e. The van der Waals surface area contributed by atoms with Crippen molar-refractivity contribution in [1.29, 1.82) is 0 Å². The van der Waals surface area contributed by atoms with Crippen molar-refractivity contribution in [3.63, 3.8) is 0 Å². The Labute approximate surface area is 109 Å². The Morgan fingerprint density at radius 1 is 1.17 bits per heavy atom. The highest BCUT2D eigenvalue weighted by atomic mass is 32.2. The SMILES string of the molecule is CCC(CC)CNS(=O)(=O)c1ccc(NN)cc1. The van der Waals surface area contributed by atoms with Crippen LogP contribution in [0, 0.1) is 5.92 Å². The second-order valence-corrected chi connectivity index (χ2v) is 5.97. The summed E-state index contributed by atoms with van der Waals surface area (Å²) in [6.45, 7) is 4.60. The van der Waals surface area contributed by atoms with Crippen LogP contribution in [0.25, 0.3) is 0 Å². The molecule has 5 nitrogen and oxygen atoms in total. The number of nitrogens with two attached hydrogens (primary N) is 1. The molecule has 0 saturated heterocycles.